The third-order valence-electron chi connectivity index (χ3n) is 6.37. The highest BCUT2D eigenvalue weighted by Gasteiger charge is 2.19. The van der Waals surface area contributed by atoms with E-state index in [1.54, 1.807) is 24.5 Å². The third-order valence-corrected chi connectivity index (χ3v) is 6.37. The monoisotopic (exact) mass is 483 g/mol. The molecule has 4 aromatic rings. The Kier molecular flexibility index (Phi) is 7.61. The molecule has 1 fully saturated rings. The second-order valence-electron chi connectivity index (χ2n) is 8.89. The Morgan fingerprint density at radius 2 is 1.78 bits per heavy atom. The molecule has 0 aliphatic carbocycles. The lowest BCUT2D eigenvalue weighted by Crippen LogP contribution is -2.33. The number of aliphatic hydroxyl groups is 1. The van der Waals surface area contributed by atoms with Crippen molar-refractivity contribution >= 4 is 16.8 Å². The molecule has 36 heavy (non-hydrogen) atoms. The zero-order chi connectivity index (χ0) is 24.7. The summed E-state index contributed by atoms with van der Waals surface area (Å²) in [5, 5.41) is 9.73. The predicted octanol–water partition coefficient (Wildman–Crippen LogP) is 5.08. The molecule has 2 aromatic carbocycles. The minimum atomic E-state index is -0.423. The molecular weight excluding hydrogens is 454 g/mol. The van der Waals surface area contributed by atoms with Crippen molar-refractivity contribution in [2.24, 2.45) is 0 Å². The molecule has 0 radical (unpaired) electrons. The van der Waals surface area contributed by atoms with Crippen LogP contribution in [-0.4, -0.2) is 40.5 Å². The minimum absolute atomic E-state index is 0.202. The maximum absolute atomic E-state index is 13.1. The Labute approximate surface area is 210 Å². The summed E-state index contributed by atoms with van der Waals surface area (Å²) in [7, 11) is 0. The van der Waals surface area contributed by atoms with Crippen LogP contribution in [0.1, 0.15) is 41.6 Å². The number of aliphatic hydroxyl groups excluding tert-OH is 1. The van der Waals surface area contributed by atoms with Crippen molar-refractivity contribution in [2.75, 3.05) is 13.2 Å². The van der Waals surface area contributed by atoms with E-state index >= 15 is 0 Å². The summed E-state index contributed by atoms with van der Waals surface area (Å²) in [4.78, 5) is 27.5. The first-order chi connectivity index (χ1) is 17.7. The van der Waals surface area contributed by atoms with Gasteiger partial charge < -0.3 is 9.84 Å². The number of fused-ring (bicyclic) bond motifs is 1. The smallest absolute Gasteiger partial charge is 0.275 e. The summed E-state index contributed by atoms with van der Waals surface area (Å²) in [6.07, 6.45) is 7.29. The lowest BCUT2D eigenvalue weighted by molar-refractivity contribution is -0.186. The van der Waals surface area contributed by atoms with Gasteiger partial charge in [0.05, 0.1) is 23.0 Å². The summed E-state index contributed by atoms with van der Waals surface area (Å²) >= 11 is 0. The van der Waals surface area contributed by atoms with E-state index in [4.69, 9.17) is 19.7 Å². The van der Waals surface area contributed by atoms with Gasteiger partial charge in [0.15, 0.2) is 6.29 Å². The molecule has 0 saturated carbocycles. The maximum atomic E-state index is 13.1. The van der Waals surface area contributed by atoms with Crippen molar-refractivity contribution in [3.05, 3.63) is 84.2 Å². The first-order valence-corrected chi connectivity index (χ1v) is 12.3. The van der Waals surface area contributed by atoms with E-state index in [0.717, 1.165) is 48.8 Å². The molecule has 1 amide bonds. The molecule has 1 atom stereocenters. The lowest BCUT2D eigenvalue weighted by Gasteiger charge is -2.22. The fourth-order valence-electron chi connectivity index (χ4n) is 4.37. The molecule has 1 aliphatic rings. The Morgan fingerprint density at radius 1 is 1.03 bits per heavy atom. The van der Waals surface area contributed by atoms with Gasteiger partial charge in [-0.15, -0.1) is 0 Å². The van der Waals surface area contributed by atoms with Crippen LogP contribution in [0.3, 0.4) is 0 Å². The van der Waals surface area contributed by atoms with Gasteiger partial charge in [-0.25, -0.2) is 15.3 Å². The zero-order valence-corrected chi connectivity index (χ0v) is 20.0. The van der Waals surface area contributed by atoms with Crippen LogP contribution in [0.15, 0.2) is 73.1 Å². The van der Waals surface area contributed by atoms with Gasteiger partial charge in [-0.05, 0) is 54.5 Å². The largest absolute Gasteiger partial charge is 0.396 e. The quantitative estimate of drug-likeness (QED) is 0.340. The highest BCUT2D eigenvalue weighted by atomic mass is 16.8. The number of rotatable bonds is 8. The summed E-state index contributed by atoms with van der Waals surface area (Å²) in [6.45, 7) is 0.839. The van der Waals surface area contributed by atoms with Crippen LogP contribution in [0.2, 0.25) is 0 Å². The van der Waals surface area contributed by atoms with Crippen molar-refractivity contribution in [2.45, 2.75) is 38.4 Å². The van der Waals surface area contributed by atoms with Gasteiger partial charge in [-0.3, -0.25) is 9.78 Å². The molecule has 1 unspecified atom stereocenters. The number of pyridine rings is 2. The number of nitrogens with one attached hydrogen (secondary N) is 1. The second kappa shape index (κ2) is 11.4. The fraction of sp³-hybridized carbons (Fsp3) is 0.276. The number of hydrogen-bond acceptors (Lipinski definition) is 6. The van der Waals surface area contributed by atoms with E-state index in [-0.39, 0.29) is 12.5 Å². The average molecular weight is 484 g/mol. The van der Waals surface area contributed by atoms with Crippen LogP contribution in [0.5, 0.6) is 0 Å². The zero-order valence-electron chi connectivity index (χ0n) is 20.0. The predicted molar refractivity (Wildman–Crippen MR) is 138 cm³/mol. The van der Waals surface area contributed by atoms with Crippen molar-refractivity contribution in [1.29, 1.82) is 0 Å². The number of hydroxylamine groups is 1. The van der Waals surface area contributed by atoms with E-state index in [2.05, 4.69) is 46.9 Å². The molecule has 1 saturated heterocycles. The molecular formula is C29H29N3O4. The summed E-state index contributed by atoms with van der Waals surface area (Å²) in [5.74, 6) is -0.345. The summed E-state index contributed by atoms with van der Waals surface area (Å²) in [5.41, 5.74) is 8.66. The van der Waals surface area contributed by atoms with E-state index in [0.29, 0.717) is 28.8 Å². The van der Waals surface area contributed by atoms with E-state index < -0.39 is 6.29 Å². The number of amides is 1. The number of nitrogens with zero attached hydrogens (tertiary/aromatic N) is 2. The lowest BCUT2D eigenvalue weighted by atomic mass is 9.99. The number of benzene rings is 2. The number of ether oxygens (including phenoxy) is 1. The van der Waals surface area contributed by atoms with Crippen LogP contribution >= 0.6 is 0 Å². The minimum Gasteiger partial charge on any atom is -0.396 e. The van der Waals surface area contributed by atoms with Gasteiger partial charge in [-0.2, -0.15) is 0 Å². The van der Waals surface area contributed by atoms with Crippen LogP contribution < -0.4 is 5.48 Å². The number of aromatic nitrogens is 2. The van der Waals surface area contributed by atoms with Crippen molar-refractivity contribution in [3.63, 3.8) is 0 Å². The first-order valence-electron chi connectivity index (χ1n) is 12.3. The molecule has 1 aliphatic heterocycles. The standard InChI is InChI=1S/C29H29N3O4/c33-16-3-4-20-6-8-21(9-7-20)22-10-12-23(13-11-22)26-18-25(24-14-15-30-19-27(24)31-26)29(34)32-36-28-5-1-2-17-35-28/h6-15,18-19,28,33H,1-5,16-17H2,(H,32,34). The number of carbonyl (C=O) groups excluding carboxylic acids is 1. The van der Waals surface area contributed by atoms with Crippen LogP contribution in [0, 0.1) is 0 Å². The summed E-state index contributed by atoms with van der Waals surface area (Å²) in [6, 6.07) is 20.1. The molecule has 5 rings (SSSR count). The molecule has 7 nitrogen and oxygen atoms in total. The molecule has 3 heterocycles. The van der Waals surface area contributed by atoms with Gasteiger partial charge in [0.25, 0.3) is 5.91 Å². The Hall–Kier alpha value is -3.65. The maximum Gasteiger partial charge on any atom is 0.275 e. The summed E-state index contributed by atoms with van der Waals surface area (Å²) < 4.78 is 5.55. The fourth-order valence-corrected chi connectivity index (χ4v) is 4.37. The van der Waals surface area contributed by atoms with E-state index in [1.807, 2.05) is 12.1 Å². The molecule has 184 valence electrons. The molecule has 2 aromatic heterocycles. The first kappa shape index (κ1) is 24.1. The van der Waals surface area contributed by atoms with Gasteiger partial charge in [0, 0.05) is 36.8 Å². The third kappa shape index (κ3) is 5.60. The Morgan fingerprint density at radius 3 is 2.50 bits per heavy atom. The Bertz CT molecular complexity index is 1320. The van der Waals surface area contributed by atoms with Crippen molar-refractivity contribution < 1.29 is 19.5 Å². The van der Waals surface area contributed by atoms with Gasteiger partial charge in [0.1, 0.15) is 0 Å². The number of carbonyl (C=O) groups is 1. The SMILES string of the molecule is O=C(NOC1CCCCO1)c1cc(-c2ccc(-c3ccc(CCCO)cc3)cc2)nc2cnccc12. The molecule has 2 N–H and O–H groups in total. The second-order valence-corrected chi connectivity index (χ2v) is 8.89. The average Bonchev–Trinajstić information content (AvgIpc) is 2.95. The van der Waals surface area contributed by atoms with E-state index in [1.165, 1.54) is 5.56 Å². The van der Waals surface area contributed by atoms with Gasteiger partial charge >= 0.3 is 0 Å². The number of aryl methyl sites for hydroxylation is 1. The molecule has 7 heteroatoms. The topological polar surface area (TPSA) is 93.6 Å². The molecule has 0 spiro atoms. The van der Waals surface area contributed by atoms with Crippen molar-refractivity contribution in [1.82, 2.24) is 15.4 Å². The van der Waals surface area contributed by atoms with Crippen LogP contribution in [-0.2, 0) is 16.0 Å². The van der Waals surface area contributed by atoms with Gasteiger partial charge in [-0.1, -0.05) is 48.5 Å². The number of hydrogen-bond donors (Lipinski definition) is 2. The molecule has 0 bridgehead atoms. The van der Waals surface area contributed by atoms with E-state index in [9.17, 15) is 4.79 Å². The highest BCUT2D eigenvalue weighted by Crippen LogP contribution is 2.28. The highest BCUT2D eigenvalue weighted by molar-refractivity contribution is 6.06. The normalized spacial score (nSPS) is 15.6. The van der Waals surface area contributed by atoms with Crippen LogP contribution in [0.4, 0.5) is 0 Å². The van der Waals surface area contributed by atoms with Gasteiger partial charge in [0.2, 0.25) is 0 Å². The van der Waals surface area contributed by atoms with Crippen LogP contribution in [0.25, 0.3) is 33.3 Å². The van der Waals surface area contributed by atoms with Crippen molar-refractivity contribution in [3.8, 4) is 22.4 Å². The Balaban J connectivity index is 1.38.